The van der Waals surface area contributed by atoms with E-state index in [4.69, 9.17) is 21.3 Å². The molecule has 1 aliphatic heterocycles. The highest BCUT2D eigenvalue weighted by molar-refractivity contribution is 9.10. The Hall–Kier alpha value is -2.18. The molecule has 0 saturated heterocycles. The summed E-state index contributed by atoms with van der Waals surface area (Å²) in [6.07, 6.45) is 3.40. The van der Waals surface area contributed by atoms with Gasteiger partial charge in [0.25, 0.3) is 0 Å². The largest absolute Gasteiger partial charge is 0.471 e. The van der Waals surface area contributed by atoms with Crippen molar-refractivity contribution in [3.8, 4) is 5.95 Å². The summed E-state index contributed by atoms with van der Waals surface area (Å²) in [6, 6.07) is 9.41. The monoisotopic (exact) mass is 402 g/mol. The molecule has 5 nitrogen and oxygen atoms in total. The zero-order valence-electron chi connectivity index (χ0n) is 12.7. The van der Waals surface area contributed by atoms with Gasteiger partial charge in [0, 0.05) is 23.0 Å². The van der Waals surface area contributed by atoms with E-state index in [0.717, 1.165) is 27.1 Å². The van der Waals surface area contributed by atoms with Crippen LogP contribution in [-0.2, 0) is 11.3 Å². The first kappa shape index (κ1) is 15.4. The fourth-order valence-electron chi connectivity index (χ4n) is 2.67. The summed E-state index contributed by atoms with van der Waals surface area (Å²) >= 11 is 9.64. The Balaban J connectivity index is 1.85. The van der Waals surface area contributed by atoms with Crippen molar-refractivity contribution in [1.82, 2.24) is 14.5 Å². The lowest BCUT2D eigenvalue weighted by atomic mass is 10.1. The number of aromatic nitrogens is 3. The zero-order chi connectivity index (χ0) is 16.7. The van der Waals surface area contributed by atoms with E-state index < -0.39 is 0 Å². The van der Waals surface area contributed by atoms with Gasteiger partial charge in [0.15, 0.2) is 0 Å². The molecule has 24 heavy (non-hydrogen) atoms. The van der Waals surface area contributed by atoms with Crippen LogP contribution in [0.25, 0.3) is 5.95 Å². The van der Waals surface area contributed by atoms with Crippen LogP contribution < -0.4 is 0 Å². The van der Waals surface area contributed by atoms with Gasteiger partial charge in [-0.2, -0.15) is 0 Å². The van der Waals surface area contributed by atoms with Crippen LogP contribution in [-0.4, -0.2) is 20.4 Å². The predicted molar refractivity (Wildman–Crippen MR) is 96.2 cm³/mol. The highest BCUT2D eigenvalue weighted by Crippen LogP contribution is 2.33. The van der Waals surface area contributed by atoms with Crippen molar-refractivity contribution in [3.63, 3.8) is 0 Å². The van der Waals surface area contributed by atoms with Crippen LogP contribution in [0.2, 0.25) is 5.02 Å². The average Bonchev–Trinajstić information content (AvgIpc) is 2.97. The molecule has 0 spiro atoms. The Morgan fingerprint density at radius 3 is 2.79 bits per heavy atom. The van der Waals surface area contributed by atoms with Crippen molar-refractivity contribution >= 4 is 39.1 Å². The standard InChI is InChI=1S/C17H12BrClN4O/c1-10-7-12(19)8-11-9-24-16(22-15(10)11)13-3-4-14(18)23(13)17-20-5-2-6-21-17/h2-8H,9H2,1H3. The van der Waals surface area contributed by atoms with Crippen LogP contribution in [0.4, 0.5) is 5.69 Å². The number of halogens is 2. The van der Waals surface area contributed by atoms with Crippen molar-refractivity contribution in [2.75, 3.05) is 0 Å². The summed E-state index contributed by atoms with van der Waals surface area (Å²) in [6.45, 7) is 2.42. The number of rotatable bonds is 2. The molecule has 0 saturated carbocycles. The molecule has 2 aromatic heterocycles. The SMILES string of the molecule is Cc1cc(Cl)cc2c1N=C(c1ccc(Br)n1-c1ncccn1)OC2. The number of fused-ring (bicyclic) bond motifs is 1. The molecule has 0 aliphatic carbocycles. The van der Waals surface area contributed by atoms with E-state index in [1.807, 2.05) is 35.8 Å². The molecular formula is C17H12BrClN4O. The highest BCUT2D eigenvalue weighted by atomic mass is 79.9. The molecule has 4 rings (SSSR count). The van der Waals surface area contributed by atoms with Crippen LogP contribution >= 0.6 is 27.5 Å². The normalized spacial score (nSPS) is 13.2. The van der Waals surface area contributed by atoms with E-state index in [-0.39, 0.29) is 0 Å². The molecule has 120 valence electrons. The second-order valence-electron chi connectivity index (χ2n) is 5.36. The fraction of sp³-hybridized carbons (Fsp3) is 0.118. The predicted octanol–water partition coefficient (Wildman–Crippen LogP) is 4.60. The van der Waals surface area contributed by atoms with Gasteiger partial charge in [-0.3, -0.25) is 4.57 Å². The topological polar surface area (TPSA) is 52.3 Å². The van der Waals surface area contributed by atoms with Gasteiger partial charge in [-0.05, 0) is 58.7 Å². The van der Waals surface area contributed by atoms with Crippen molar-refractivity contribution < 1.29 is 4.74 Å². The Morgan fingerprint density at radius 2 is 2.00 bits per heavy atom. The number of aliphatic imine (C=N–C) groups is 1. The number of hydrogen-bond donors (Lipinski definition) is 0. The summed E-state index contributed by atoms with van der Waals surface area (Å²) in [5.74, 6) is 1.08. The summed E-state index contributed by atoms with van der Waals surface area (Å²) in [4.78, 5) is 13.3. The molecular weight excluding hydrogens is 392 g/mol. The summed E-state index contributed by atoms with van der Waals surface area (Å²) in [5, 5.41) is 0.692. The smallest absolute Gasteiger partial charge is 0.239 e. The summed E-state index contributed by atoms with van der Waals surface area (Å²) < 4.78 is 8.55. The Kier molecular flexibility index (Phi) is 3.86. The maximum absolute atomic E-state index is 6.11. The average molecular weight is 404 g/mol. The molecule has 7 heteroatoms. The van der Waals surface area contributed by atoms with Gasteiger partial charge in [0.05, 0.1) is 10.3 Å². The molecule has 0 unspecified atom stereocenters. The first-order valence-corrected chi connectivity index (χ1v) is 8.46. The molecule has 0 radical (unpaired) electrons. The molecule has 0 amide bonds. The second-order valence-corrected chi connectivity index (χ2v) is 6.61. The quantitative estimate of drug-likeness (QED) is 0.628. The molecule has 3 aromatic rings. The van der Waals surface area contributed by atoms with Gasteiger partial charge < -0.3 is 4.74 Å². The molecule has 0 bridgehead atoms. The van der Waals surface area contributed by atoms with E-state index in [1.165, 1.54) is 0 Å². The maximum Gasteiger partial charge on any atom is 0.239 e. The molecule has 3 heterocycles. The van der Waals surface area contributed by atoms with Gasteiger partial charge >= 0.3 is 0 Å². The van der Waals surface area contributed by atoms with Gasteiger partial charge in [0.2, 0.25) is 11.8 Å². The van der Waals surface area contributed by atoms with Crippen molar-refractivity contribution in [3.05, 3.63) is 69.2 Å². The molecule has 0 atom stereocenters. The minimum absolute atomic E-state index is 0.425. The van der Waals surface area contributed by atoms with Gasteiger partial charge in [-0.25, -0.2) is 15.0 Å². The second kappa shape index (κ2) is 6.03. The lowest BCUT2D eigenvalue weighted by molar-refractivity contribution is 0.286. The highest BCUT2D eigenvalue weighted by Gasteiger charge is 2.22. The number of hydrogen-bond acceptors (Lipinski definition) is 4. The van der Waals surface area contributed by atoms with E-state index in [1.54, 1.807) is 18.5 Å². The van der Waals surface area contributed by atoms with E-state index in [0.29, 0.717) is 23.5 Å². The zero-order valence-corrected chi connectivity index (χ0v) is 15.0. The van der Waals surface area contributed by atoms with Crippen LogP contribution in [0.5, 0.6) is 0 Å². The van der Waals surface area contributed by atoms with Crippen LogP contribution in [0.1, 0.15) is 16.8 Å². The van der Waals surface area contributed by atoms with Crippen molar-refractivity contribution in [2.24, 2.45) is 4.99 Å². The first-order valence-electron chi connectivity index (χ1n) is 7.29. The molecule has 0 fully saturated rings. The van der Waals surface area contributed by atoms with E-state index >= 15 is 0 Å². The van der Waals surface area contributed by atoms with E-state index in [2.05, 4.69) is 25.9 Å². The minimum Gasteiger partial charge on any atom is -0.471 e. The van der Waals surface area contributed by atoms with Crippen molar-refractivity contribution in [1.29, 1.82) is 0 Å². The summed E-state index contributed by atoms with van der Waals surface area (Å²) in [7, 11) is 0. The third kappa shape index (κ3) is 2.61. The van der Waals surface area contributed by atoms with Gasteiger partial charge in [-0.1, -0.05) is 11.6 Å². The summed E-state index contributed by atoms with van der Waals surface area (Å²) in [5.41, 5.74) is 3.69. The first-order chi connectivity index (χ1) is 11.6. The van der Waals surface area contributed by atoms with Gasteiger partial charge in [0.1, 0.15) is 12.3 Å². The minimum atomic E-state index is 0.425. The molecule has 0 N–H and O–H groups in total. The Labute approximate surface area is 152 Å². The van der Waals surface area contributed by atoms with Crippen LogP contribution in [0.15, 0.2) is 52.3 Å². The Morgan fingerprint density at radius 1 is 1.21 bits per heavy atom. The number of benzene rings is 1. The van der Waals surface area contributed by atoms with E-state index in [9.17, 15) is 0 Å². The fourth-order valence-corrected chi connectivity index (χ4v) is 3.45. The van der Waals surface area contributed by atoms with Crippen LogP contribution in [0, 0.1) is 6.92 Å². The number of aryl methyl sites for hydroxylation is 1. The third-order valence-corrected chi connectivity index (χ3v) is 4.56. The third-order valence-electron chi connectivity index (χ3n) is 3.73. The van der Waals surface area contributed by atoms with Gasteiger partial charge in [-0.15, -0.1) is 0 Å². The molecule has 1 aliphatic rings. The lowest BCUT2D eigenvalue weighted by Crippen LogP contribution is -2.16. The lowest BCUT2D eigenvalue weighted by Gasteiger charge is -2.19. The molecule has 1 aromatic carbocycles. The number of nitrogens with zero attached hydrogens (tertiary/aromatic N) is 4. The Bertz CT molecular complexity index is 953. The number of ether oxygens (including phenoxy) is 1. The van der Waals surface area contributed by atoms with Crippen molar-refractivity contribution in [2.45, 2.75) is 13.5 Å². The maximum atomic E-state index is 6.11. The van der Waals surface area contributed by atoms with Crippen LogP contribution in [0.3, 0.4) is 0 Å².